The molecule has 0 atom stereocenters. The number of benzene rings is 1. The predicted octanol–water partition coefficient (Wildman–Crippen LogP) is 2.38. The first-order valence-corrected chi connectivity index (χ1v) is 6.55. The number of hydrogen-bond donors (Lipinski definition) is 1. The molecule has 1 N–H and O–H groups in total. The molecule has 0 saturated heterocycles. The molecule has 3 nitrogen and oxygen atoms in total. The van der Waals surface area contributed by atoms with Crippen molar-refractivity contribution >= 4 is 0 Å². The average molecular weight is 256 g/mol. The van der Waals surface area contributed by atoms with Crippen LogP contribution in [0.15, 0.2) is 48.8 Å². The molecule has 3 heteroatoms. The van der Waals surface area contributed by atoms with E-state index in [9.17, 15) is 5.11 Å². The molecular formula is C16H20N2O. The fourth-order valence-corrected chi connectivity index (χ4v) is 2.17. The zero-order valence-corrected chi connectivity index (χ0v) is 11.3. The SMILES string of the molecule is Cc1cccc(CN(CCO)Cc2cccnc2)c1. The van der Waals surface area contributed by atoms with Gasteiger partial charge >= 0.3 is 0 Å². The van der Waals surface area contributed by atoms with Gasteiger partial charge in [0.2, 0.25) is 0 Å². The van der Waals surface area contributed by atoms with Crippen LogP contribution in [0.2, 0.25) is 0 Å². The Morgan fingerprint density at radius 2 is 1.89 bits per heavy atom. The van der Waals surface area contributed by atoms with E-state index in [1.807, 2.05) is 12.3 Å². The van der Waals surface area contributed by atoms with Crippen molar-refractivity contribution in [1.82, 2.24) is 9.88 Å². The van der Waals surface area contributed by atoms with E-state index in [-0.39, 0.29) is 6.61 Å². The number of pyridine rings is 1. The summed E-state index contributed by atoms with van der Waals surface area (Å²) in [6, 6.07) is 12.5. The second kappa shape index (κ2) is 7.02. The lowest BCUT2D eigenvalue weighted by Crippen LogP contribution is -2.26. The van der Waals surface area contributed by atoms with Gasteiger partial charge < -0.3 is 5.11 Å². The molecule has 0 radical (unpaired) electrons. The van der Waals surface area contributed by atoms with E-state index in [0.717, 1.165) is 13.1 Å². The molecule has 1 heterocycles. The van der Waals surface area contributed by atoms with Crippen molar-refractivity contribution in [2.75, 3.05) is 13.2 Å². The molecular weight excluding hydrogens is 236 g/mol. The maximum absolute atomic E-state index is 9.19. The number of nitrogens with zero attached hydrogens (tertiary/aromatic N) is 2. The number of aryl methyl sites for hydroxylation is 1. The van der Waals surface area contributed by atoms with E-state index in [0.29, 0.717) is 6.54 Å². The molecule has 0 unspecified atom stereocenters. The molecule has 0 amide bonds. The topological polar surface area (TPSA) is 36.4 Å². The van der Waals surface area contributed by atoms with Crippen LogP contribution < -0.4 is 0 Å². The molecule has 0 aliphatic heterocycles. The molecule has 0 bridgehead atoms. The molecule has 100 valence electrons. The van der Waals surface area contributed by atoms with Crippen LogP contribution in [-0.4, -0.2) is 28.1 Å². The molecule has 19 heavy (non-hydrogen) atoms. The van der Waals surface area contributed by atoms with Gasteiger partial charge in [-0.3, -0.25) is 9.88 Å². The summed E-state index contributed by atoms with van der Waals surface area (Å²) in [6.07, 6.45) is 3.65. The van der Waals surface area contributed by atoms with Gasteiger partial charge in [0.05, 0.1) is 6.61 Å². The average Bonchev–Trinajstić information content (AvgIpc) is 2.40. The molecule has 2 rings (SSSR count). The summed E-state index contributed by atoms with van der Waals surface area (Å²) in [5.41, 5.74) is 3.71. The van der Waals surface area contributed by atoms with E-state index < -0.39 is 0 Å². The molecule has 1 aromatic heterocycles. The zero-order chi connectivity index (χ0) is 13.5. The second-order valence-corrected chi connectivity index (χ2v) is 4.78. The lowest BCUT2D eigenvalue weighted by atomic mass is 10.1. The number of aliphatic hydroxyl groups excluding tert-OH is 1. The van der Waals surface area contributed by atoms with Crippen LogP contribution in [0, 0.1) is 6.92 Å². The first-order chi connectivity index (χ1) is 9.28. The summed E-state index contributed by atoms with van der Waals surface area (Å²) in [7, 11) is 0. The lowest BCUT2D eigenvalue weighted by Gasteiger charge is -2.21. The van der Waals surface area contributed by atoms with Crippen LogP contribution >= 0.6 is 0 Å². The minimum Gasteiger partial charge on any atom is -0.395 e. The predicted molar refractivity (Wildman–Crippen MR) is 76.6 cm³/mol. The molecule has 0 fully saturated rings. The van der Waals surface area contributed by atoms with Crippen LogP contribution in [0.3, 0.4) is 0 Å². The van der Waals surface area contributed by atoms with Gasteiger partial charge in [0.15, 0.2) is 0 Å². The van der Waals surface area contributed by atoms with Crippen molar-refractivity contribution in [1.29, 1.82) is 0 Å². The Kier molecular flexibility index (Phi) is 5.07. The second-order valence-electron chi connectivity index (χ2n) is 4.78. The summed E-state index contributed by atoms with van der Waals surface area (Å²) < 4.78 is 0. The molecule has 2 aromatic rings. The molecule has 0 aliphatic rings. The Balaban J connectivity index is 2.04. The van der Waals surface area contributed by atoms with Crippen molar-refractivity contribution in [2.24, 2.45) is 0 Å². The summed E-state index contributed by atoms with van der Waals surface area (Å²) in [5.74, 6) is 0. The van der Waals surface area contributed by atoms with Gasteiger partial charge in [0.25, 0.3) is 0 Å². The monoisotopic (exact) mass is 256 g/mol. The Morgan fingerprint density at radius 1 is 1.11 bits per heavy atom. The van der Waals surface area contributed by atoms with Gasteiger partial charge in [0.1, 0.15) is 0 Å². The molecule has 0 spiro atoms. The van der Waals surface area contributed by atoms with Crippen molar-refractivity contribution in [3.05, 3.63) is 65.5 Å². The minimum atomic E-state index is 0.173. The summed E-state index contributed by atoms with van der Waals surface area (Å²) in [4.78, 5) is 6.36. The highest BCUT2D eigenvalue weighted by Gasteiger charge is 2.06. The largest absolute Gasteiger partial charge is 0.395 e. The van der Waals surface area contributed by atoms with Gasteiger partial charge in [0, 0.05) is 32.0 Å². The van der Waals surface area contributed by atoms with Gasteiger partial charge in [-0.15, -0.1) is 0 Å². The Labute approximate surface area is 114 Å². The third kappa shape index (κ3) is 4.47. The third-order valence-electron chi connectivity index (χ3n) is 3.03. The fourth-order valence-electron chi connectivity index (χ4n) is 2.17. The first-order valence-electron chi connectivity index (χ1n) is 6.55. The lowest BCUT2D eigenvalue weighted by molar-refractivity contribution is 0.184. The Hall–Kier alpha value is -1.71. The minimum absolute atomic E-state index is 0.173. The standard InChI is InChI=1S/C16H20N2O/c1-14-4-2-5-15(10-14)12-18(8-9-19)13-16-6-3-7-17-11-16/h2-7,10-11,19H,8-9,12-13H2,1H3. The highest BCUT2D eigenvalue weighted by Crippen LogP contribution is 2.10. The van der Waals surface area contributed by atoms with Crippen molar-refractivity contribution < 1.29 is 5.11 Å². The van der Waals surface area contributed by atoms with Crippen molar-refractivity contribution in [3.63, 3.8) is 0 Å². The number of aromatic nitrogens is 1. The maximum atomic E-state index is 9.19. The summed E-state index contributed by atoms with van der Waals surface area (Å²) >= 11 is 0. The highest BCUT2D eigenvalue weighted by molar-refractivity contribution is 5.22. The number of rotatable bonds is 6. The van der Waals surface area contributed by atoms with Crippen LogP contribution in [0.25, 0.3) is 0 Å². The van der Waals surface area contributed by atoms with Gasteiger partial charge in [-0.05, 0) is 24.1 Å². The Bertz CT molecular complexity index is 499. The van der Waals surface area contributed by atoms with E-state index in [1.54, 1.807) is 6.20 Å². The van der Waals surface area contributed by atoms with Gasteiger partial charge in [-0.1, -0.05) is 35.9 Å². The third-order valence-corrected chi connectivity index (χ3v) is 3.03. The smallest absolute Gasteiger partial charge is 0.0558 e. The quantitative estimate of drug-likeness (QED) is 0.862. The number of hydrogen-bond acceptors (Lipinski definition) is 3. The van der Waals surface area contributed by atoms with Gasteiger partial charge in [-0.2, -0.15) is 0 Å². The fraction of sp³-hybridized carbons (Fsp3) is 0.312. The van der Waals surface area contributed by atoms with Crippen molar-refractivity contribution in [3.8, 4) is 0 Å². The van der Waals surface area contributed by atoms with Crippen LogP contribution in [0.4, 0.5) is 0 Å². The molecule has 0 saturated carbocycles. The summed E-state index contributed by atoms with van der Waals surface area (Å²) in [6.45, 7) is 4.59. The van der Waals surface area contributed by atoms with E-state index in [1.165, 1.54) is 16.7 Å². The van der Waals surface area contributed by atoms with Gasteiger partial charge in [-0.25, -0.2) is 0 Å². The van der Waals surface area contributed by atoms with E-state index in [4.69, 9.17) is 0 Å². The highest BCUT2D eigenvalue weighted by atomic mass is 16.3. The van der Waals surface area contributed by atoms with E-state index >= 15 is 0 Å². The first kappa shape index (κ1) is 13.7. The van der Waals surface area contributed by atoms with Crippen molar-refractivity contribution in [2.45, 2.75) is 20.0 Å². The summed E-state index contributed by atoms with van der Waals surface area (Å²) in [5, 5.41) is 9.19. The molecule has 0 aliphatic carbocycles. The maximum Gasteiger partial charge on any atom is 0.0558 e. The molecule has 1 aromatic carbocycles. The van der Waals surface area contributed by atoms with Crippen LogP contribution in [-0.2, 0) is 13.1 Å². The van der Waals surface area contributed by atoms with Crippen LogP contribution in [0.1, 0.15) is 16.7 Å². The Morgan fingerprint density at radius 3 is 2.58 bits per heavy atom. The zero-order valence-electron chi connectivity index (χ0n) is 11.3. The normalized spacial score (nSPS) is 10.9. The van der Waals surface area contributed by atoms with Crippen LogP contribution in [0.5, 0.6) is 0 Å². The van der Waals surface area contributed by atoms with E-state index in [2.05, 4.69) is 47.1 Å². The number of aliphatic hydroxyl groups is 1.